The van der Waals surface area contributed by atoms with Gasteiger partial charge in [-0.25, -0.2) is 0 Å². The fourth-order valence-corrected chi connectivity index (χ4v) is 2.81. The molecule has 1 fully saturated rings. The van der Waals surface area contributed by atoms with E-state index in [-0.39, 0.29) is 0 Å². The maximum absolute atomic E-state index is 3.62. The maximum atomic E-state index is 3.62. The smallest absolute Gasteiger partial charge is 0.00880 e. The molecule has 0 saturated heterocycles. The van der Waals surface area contributed by atoms with Gasteiger partial charge in [-0.2, -0.15) is 0 Å². The van der Waals surface area contributed by atoms with Crippen molar-refractivity contribution in [1.29, 1.82) is 0 Å². The Morgan fingerprint density at radius 3 is 2.36 bits per heavy atom. The molecule has 0 aliphatic heterocycles. The Hall–Kier alpha value is 0.220. The topological polar surface area (TPSA) is 0 Å². The predicted molar refractivity (Wildman–Crippen MR) is 51.9 cm³/mol. The number of hydrogen-bond donors (Lipinski definition) is 0. The molecular weight excluding hydrogens is 200 g/mol. The van der Waals surface area contributed by atoms with E-state index in [9.17, 15) is 0 Å². The zero-order valence-corrected chi connectivity index (χ0v) is 8.44. The van der Waals surface area contributed by atoms with Crippen LogP contribution in [0.2, 0.25) is 0 Å². The molecule has 0 radical (unpaired) electrons. The van der Waals surface area contributed by atoms with Crippen molar-refractivity contribution in [2.24, 2.45) is 11.3 Å². The highest BCUT2D eigenvalue weighted by atomic mass is 79.9. The molecule has 2 aliphatic carbocycles. The highest BCUT2D eigenvalue weighted by Gasteiger charge is 2.42. The van der Waals surface area contributed by atoms with Gasteiger partial charge < -0.3 is 0 Å². The Kier molecular flexibility index (Phi) is 2.09. The minimum absolute atomic E-state index is 0.733. The molecule has 62 valence electrons. The average Bonchev–Trinajstić information content (AvgIpc) is 2.59. The van der Waals surface area contributed by atoms with Crippen molar-refractivity contribution in [2.75, 3.05) is 5.33 Å². The Labute approximate surface area is 77.2 Å². The standard InChI is InChI=1S/C10H15Br/c11-8-10(5-6-10)7-9-3-1-2-4-9/h1-2,9H,3-8H2. The zero-order valence-electron chi connectivity index (χ0n) is 6.85. The highest BCUT2D eigenvalue weighted by molar-refractivity contribution is 9.09. The summed E-state index contributed by atoms with van der Waals surface area (Å²) in [5.74, 6) is 0.982. The molecule has 11 heavy (non-hydrogen) atoms. The van der Waals surface area contributed by atoms with Gasteiger partial charge in [-0.15, -0.1) is 0 Å². The minimum atomic E-state index is 0.733. The van der Waals surface area contributed by atoms with E-state index in [1.807, 2.05) is 0 Å². The summed E-state index contributed by atoms with van der Waals surface area (Å²) in [6.45, 7) is 0. The number of halogens is 1. The monoisotopic (exact) mass is 214 g/mol. The van der Waals surface area contributed by atoms with Crippen LogP contribution >= 0.6 is 15.9 Å². The molecule has 0 spiro atoms. The van der Waals surface area contributed by atoms with E-state index in [1.165, 1.54) is 37.4 Å². The Bertz CT molecular complexity index is 160. The van der Waals surface area contributed by atoms with Gasteiger partial charge in [0.25, 0.3) is 0 Å². The molecule has 0 N–H and O–H groups in total. The summed E-state index contributed by atoms with van der Waals surface area (Å²) in [4.78, 5) is 0. The molecular formula is C10H15Br. The molecule has 1 heteroatoms. The van der Waals surface area contributed by atoms with Crippen LogP contribution in [0.4, 0.5) is 0 Å². The maximum Gasteiger partial charge on any atom is 0.00880 e. The van der Waals surface area contributed by atoms with Gasteiger partial charge in [0, 0.05) is 5.33 Å². The van der Waals surface area contributed by atoms with E-state index in [2.05, 4.69) is 28.1 Å². The SMILES string of the molecule is BrCC1(CC2CC=CC2)CC1. The normalized spacial score (nSPS) is 27.7. The number of allylic oxidation sites excluding steroid dienone is 2. The summed E-state index contributed by atoms with van der Waals surface area (Å²) in [6, 6.07) is 0. The lowest BCUT2D eigenvalue weighted by molar-refractivity contribution is 0.398. The molecule has 0 heterocycles. The van der Waals surface area contributed by atoms with Crippen LogP contribution < -0.4 is 0 Å². The summed E-state index contributed by atoms with van der Waals surface area (Å²) in [7, 11) is 0. The Morgan fingerprint density at radius 1 is 1.27 bits per heavy atom. The number of rotatable bonds is 3. The minimum Gasteiger partial charge on any atom is -0.0922 e. The molecule has 0 aromatic carbocycles. The van der Waals surface area contributed by atoms with Crippen LogP contribution in [0.5, 0.6) is 0 Å². The Balaban J connectivity index is 1.81. The molecule has 0 aromatic heterocycles. The zero-order chi connectivity index (χ0) is 7.73. The van der Waals surface area contributed by atoms with Crippen molar-refractivity contribution in [3.8, 4) is 0 Å². The number of hydrogen-bond acceptors (Lipinski definition) is 0. The van der Waals surface area contributed by atoms with Crippen LogP contribution in [0, 0.1) is 11.3 Å². The third-order valence-electron chi connectivity index (χ3n) is 3.07. The van der Waals surface area contributed by atoms with Crippen molar-refractivity contribution < 1.29 is 0 Å². The van der Waals surface area contributed by atoms with Crippen molar-refractivity contribution in [3.63, 3.8) is 0 Å². The first kappa shape index (κ1) is 7.85. The molecule has 0 unspecified atom stereocenters. The van der Waals surface area contributed by atoms with Gasteiger partial charge in [0.2, 0.25) is 0 Å². The lowest BCUT2D eigenvalue weighted by Gasteiger charge is -2.16. The second kappa shape index (κ2) is 2.93. The van der Waals surface area contributed by atoms with Crippen LogP contribution in [0.1, 0.15) is 32.1 Å². The Morgan fingerprint density at radius 2 is 1.91 bits per heavy atom. The predicted octanol–water partition coefficient (Wildman–Crippen LogP) is 3.52. The van der Waals surface area contributed by atoms with Gasteiger partial charge in [0.05, 0.1) is 0 Å². The van der Waals surface area contributed by atoms with Crippen molar-refractivity contribution in [2.45, 2.75) is 32.1 Å². The summed E-state index contributed by atoms with van der Waals surface area (Å²) in [6.07, 6.45) is 11.8. The van der Waals surface area contributed by atoms with E-state index >= 15 is 0 Å². The fraction of sp³-hybridized carbons (Fsp3) is 0.800. The van der Waals surface area contributed by atoms with Crippen molar-refractivity contribution in [1.82, 2.24) is 0 Å². The summed E-state index contributed by atoms with van der Waals surface area (Å²) in [5.41, 5.74) is 0.733. The third-order valence-corrected chi connectivity index (χ3v) is 4.26. The average molecular weight is 215 g/mol. The second-order valence-electron chi connectivity index (χ2n) is 4.15. The van der Waals surface area contributed by atoms with Gasteiger partial charge >= 0.3 is 0 Å². The summed E-state index contributed by atoms with van der Waals surface area (Å²) < 4.78 is 0. The molecule has 0 bridgehead atoms. The van der Waals surface area contributed by atoms with Gasteiger partial charge in [-0.05, 0) is 43.4 Å². The third kappa shape index (κ3) is 1.69. The molecule has 2 rings (SSSR count). The summed E-state index contributed by atoms with van der Waals surface area (Å²) in [5, 5.41) is 1.23. The van der Waals surface area contributed by atoms with Crippen LogP contribution in [0.25, 0.3) is 0 Å². The molecule has 1 saturated carbocycles. The molecule has 2 aliphatic rings. The first-order valence-electron chi connectivity index (χ1n) is 4.56. The van der Waals surface area contributed by atoms with E-state index < -0.39 is 0 Å². The van der Waals surface area contributed by atoms with Crippen LogP contribution in [-0.2, 0) is 0 Å². The molecule has 0 amide bonds. The van der Waals surface area contributed by atoms with E-state index in [4.69, 9.17) is 0 Å². The van der Waals surface area contributed by atoms with Gasteiger partial charge in [-0.3, -0.25) is 0 Å². The quantitative estimate of drug-likeness (QED) is 0.499. The largest absolute Gasteiger partial charge is 0.0922 e. The van der Waals surface area contributed by atoms with Crippen LogP contribution in [0.3, 0.4) is 0 Å². The molecule has 0 atom stereocenters. The van der Waals surface area contributed by atoms with Crippen LogP contribution in [0.15, 0.2) is 12.2 Å². The highest BCUT2D eigenvalue weighted by Crippen LogP contribution is 2.53. The van der Waals surface area contributed by atoms with E-state index in [1.54, 1.807) is 0 Å². The first-order chi connectivity index (χ1) is 5.35. The van der Waals surface area contributed by atoms with E-state index in [0.717, 1.165) is 11.3 Å². The van der Waals surface area contributed by atoms with Gasteiger partial charge in [0.1, 0.15) is 0 Å². The number of alkyl halides is 1. The second-order valence-corrected chi connectivity index (χ2v) is 4.71. The summed E-state index contributed by atoms with van der Waals surface area (Å²) >= 11 is 3.62. The van der Waals surface area contributed by atoms with E-state index in [0.29, 0.717) is 0 Å². The van der Waals surface area contributed by atoms with Gasteiger partial charge in [-0.1, -0.05) is 28.1 Å². The molecule has 0 nitrogen and oxygen atoms in total. The van der Waals surface area contributed by atoms with Crippen molar-refractivity contribution >= 4 is 15.9 Å². The first-order valence-corrected chi connectivity index (χ1v) is 5.68. The fourth-order valence-electron chi connectivity index (χ4n) is 2.02. The van der Waals surface area contributed by atoms with Crippen LogP contribution in [-0.4, -0.2) is 5.33 Å². The van der Waals surface area contributed by atoms with Gasteiger partial charge in [0.15, 0.2) is 0 Å². The lowest BCUT2D eigenvalue weighted by Crippen LogP contribution is -2.08. The van der Waals surface area contributed by atoms with Crippen molar-refractivity contribution in [3.05, 3.63) is 12.2 Å². The lowest BCUT2D eigenvalue weighted by atomic mass is 9.92. The molecule has 0 aromatic rings.